The Morgan fingerprint density at radius 3 is 2.94 bits per heavy atom. The number of benzene rings is 1. The lowest BCUT2D eigenvalue weighted by molar-refractivity contribution is 0.766. The van der Waals surface area contributed by atoms with Crippen LogP contribution in [0.3, 0.4) is 0 Å². The van der Waals surface area contributed by atoms with E-state index in [-0.39, 0.29) is 5.69 Å². The molecule has 1 heterocycles. The van der Waals surface area contributed by atoms with Crippen LogP contribution >= 0.6 is 23.4 Å². The Labute approximate surface area is 107 Å². The molecule has 0 radical (unpaired) electrons. The second-order valence-electron chi connectivity index (χ2n) is 3.51. The van der Waals surface area contributed by atoms with Crippen LogP contribution in [0.1, 0.15) is 5.56 Å². The average Bonchev–Trinajstić information content (AvgIpc) is 2.62. The number of H-pyrrole nitrogens is 1. The van der Waals surface area contributed by atoms with Crippen molar-refractivity contribution < 1.29 is 0 Å². The first kappa shape index (κ1) is 12.1. The molecular weight excluding hydrogens is 260 g/mol. The fraction of sp³-hybridized carbons (Fsp3) is 0.200. The van der Waals surface area contributed by atoms with Gasteiger partial charge in [0.15, 0.2) is 5.16 Å². The number of anilines is 1. The van der Waals surface area contributed by atoms with Crippen molar-refractivity contribution in [2.24, 2.45) is 7.05 Å². The highest BCUT2D eigenvalue weighted by Gasteiger charge is 2.05. The van der Waals surface area contributed by atoms with E-state index in [1.54, 1.807) is 13.1 Å². The Hall–Kier alpha value is -1.40. The van der Waals surface area contributed by atoms with Gasteiger partial charge >= 0.3 is 5.69 Å². The number of aromatic amines is 1. The fourth-order valence-corrected chi connectivity index (χ4v) is 2.27. The minimum absolute atomic E-state index is 0.219. The van der Waals surface area contributed by atoms with E-state index in [4.69, 9.17) is 17.3 Å². The number of nitrogens with zero attached hydrogens (tertiary/aromatic N) is 2. The molecule has 0 amide bonds. The summed E-state index contributed by atoms with van der Waals surface area (Å²) in [6, 6.07) is 5.48. The van der Waals surface area contributed by atoms with Crippen LogP contribution in [0.5, 0.6) is 0 Å². The average molecular weight is 271 g/mol. The predicted octanol–water partition coefficient (Wildman–Crippen LogP) is 1.64. The molecule has 1 aromatic heterocycles. The van der Waals surface area contributed by atoms with Crippen LogP contribution in [-0.2, 0) is 12.8 Å². The first-order valence-electron chi connectivity index (χ1n) is 4.86. The molecule has 1 aromatic carbocycles. The summed E-state index contributed by atoms with van der Waals surface area (Å²) < 4.78 is 1.46. The third-order valence-corrected chi connectivity index (χ3v) is 3.71. The molecule has 0 spiro atoms. The van der Waals surface area contributed by atoms with Gasteiger partial charge in [-0.15, -0.1) is 5.10 Å². The Morgan fingerprint density at radius 2 is 2.35 bits per heavy atom. The van der Waals surface area contributed by atoms with Gasteiger partial charge in [-0.05, 0) is 17.7 Å². The number of thioether (sulfide) groups is 1. The van der Waals surface area contributed by atoms with E-state index in [1.807, 2.05) is 12.1 Å². The van der Waals surface area contributed by atoms with Crippen LogP contribution in [0.25, 0.3) is 0 Å². The van der Waals surface area contributed by atoms with Gasteiger partial charge in [0, 0.05) is 12.8 Å². The molecule has 0 saturated heterocycles. The van der Waals surface area contributed by atoms with E-state index in [0.717, 1.165) is 5.56 Å². The maximum Gasteiger partial charge on any atom is 0.343 e. The number of halogens is 1. The maximum atomic E-state index is 11.1. The number of hydrogen-bond acceptors (Lipinski definition) is 4. The Morgan fingerprint density at radius 1 is 1.59 bits per heavy atom. The van der Waals surface area contributed by atoms with Gasteiger partial charge in [0.05, 0.1) is 10.7 Å². The van der Waals surface area contributed by atoms with Gasteiger partial charge in [0.25, 0.3) is 0 Å². The molecule has 0 unspecified atom stereocenters. The van der Waals surface area contributed by atoms with Gasteiger partial charge in [-0.2, -0.15) is 0 Å². The largest absolute Gasteiger partial charge is 0.398 e. The van der Waals surface area contributed by atoms with E-state index >= 15 is 0 Å². The summed E-state index contributed by atoms with van der Waals surface area (Å²) in [7, 11) is 1.67. The Kier molecular flexibility index (Phi) is 3.44. The van der Waals surface area contributed by atoms with E-state index in [1.165, 1.54) is 16.3 Å². The molecule has 0 aliphatic rings. The summed E-state index contributed by atoms with van der Waals surface area (Å²) in [5.41, 5.74) is 7.08. The second kappa shape index (κ2) is 4.85. The summed E-state index contributed by atoms with van der Waals surface area (Å²) in [5, 5.41) is 7.48. The van der Waals surface area contributed by atoms with Crippen molar-refractivity contribution in [1.29, 1.82) is 0 Å². The smallest absolute Gasteiger partial charge is 0.343 e. The van der Waals surface area contributed by atoms with Gasteiger partial charge in [-0.1, -0.05) is 29.4 Å². The molecule has 0 atom stereocenters. The van der Waals surface area contributed by atoms with Crippen molar-refractivity contribution in [3.05, 3.63) is 39.3 Å². The number of nitrogen functional groups attached to an aromatic ring is 1. The van der Waals surface area contributed by atoms with Crippen molar-refractivity contribution in [2.45, 2.75) is 10.9 Å². The third kappa shape index (κ3) is 2.65. The molecule has 0 aliphatic heterocycles. The quantitative estimate of drug-likeness (QED) is 0.657. The summed E-state index contributed by atoms with van der Waals surface area (Å²) in [6.07, 6.45) is 0. The molecule has 3 N–H and O–H groups in total. The lowest BCUT2D eigenvalue weighted by Crippen LogP contribution is -2.12. The number of hydrogen-bond donors (Lipinski definition) is 2. The number of nitrogens with one attached hydrogen (secondary N) is 1. The molecule has 2 aromatic rings. The van der Waals surface area contributed by atoms with E-state index in [9.17, 15) is 4.79 Å². The first-order valence-corrected chi connectivity index (χ1v) is 6.22. The van der Waals surface area contributed by atoms with Crippen molar-refractivity contribution in [3.63, 3.8) is 0 Å². The van der Waals surface area contributed by atoms with E-state index in [0.29, 0.717) is 21.6 Å². The summed E-state index contributed by atoms with van der Waals surface area (Å²) >= 11 is 7.29. The minimum atomic E-state index is -0.219. The molecule has 17 heavy (non-hydrogen) atoms. The van der Waals surface area contributed by atoms with E-state index in [2.05, 4.69) is 10.2 Å². The molecule has 0 saturated carbocycles. The molecule has 0 bridgehead atoms. The molecule has 0 aliphatic carbocycles. The monoisotopic (exact) mass is 270 g/mol. The zero-order valence-corrected chi connectivity index (χ0v) is 10.7. The lowest BCUT2D eigenvalue weighted by atomic mass is 10.2. The number of nitrogens with two attached hydrogens (primary N) is 1. The summed E-state index contributed by atoms with van der Waals surface area (Å²) in [5.74, 6) is 0.680. The van der Waals surface area contributed by atoms with Gasteiger partial charge in [0.1, 0.15) is 0 Å². The molecule has 90 valence electrons. The highest BCUT2D eigenvalue weighted by atomic mass is 35.5. The van der Waals surface area contributed by atoms with Crippen LogP contribution < -0.4 is 11.4 Å². The number of rotatable bonds is 3. The van der Waals surface area contributed by atoms with Crippen molar-refractivity contribution in [1.82, 2.24) is 14.8 Å². The van der Waals surface area contributed by atoms with Gasteiger partial charge in [-0.25, -0.2) is 9.89 Å². The first-order chi connectivity index (χ1) is 8.08. The third-order valence-electron chi connectivity index (χ3n) is 2.27. The van der Waals surface area contributed by atoms with Crippen LogP contribution in [0, 0.1) is 0 Å². The zero-order valence-electron chi connectivity index (χ0n) is 9.11. The maximum absolute atomic E-state index is 11.1. The van der Waals surface area contributed by atoms with Crippen molar-refractivity contribution in [2.75, 3.05) is 5.73 Å². The Balaban J connectivity index is 2.10. The second-order valence-corrected chi connectivity index (χ2v) is 4.86. The molecular formula is C10H11ClN4OS. The van der Waals surface area contributed by atoms with Crippen molar-refractivity contribution in [3.8, 4) is 0 Å². The highest BCUT2D eigenvalue weighted by Crippen LogP contribution is 2.24. The molecule has 2 rings (SSSR count). The standard InChI is InChI=1S/C10H11ClN4OS/c1-15-9(16)13-14-10(15)17-5-6-2-3-7(11)8(12)4-6/h2-4H,5,12H2,1H3,(H,13,16). The van der Waals surface area contributed by atoms with Crippen LogP contribution in [0.2, 0.25) is 5.02 Å². The fourth-order valence-electron chi connectivity index (χ4n) is 1.29. The van der Waals surface area contributed by atoms with Crippen LogP contribution in [0.4, 0.5) is 5.69 Å². The normalized spacial score (nSPS) is 10.7. The van der Waals surface area contributed by atoms with Gasteiger partial charge in [0.2, 0.25) is 0 Å². The molecule has 7 heteroatoms. The van der Waals surface area contributed by atoms with E-state index < -0.39 is 0 Å². The molecule has 0 fully saturated rings. The summed E-state index contributed by atoms with van der Waals surface area (Å²) in [4.78, 5) is 11.1. The SMILES string of the molecule is Cn1c(SCc2ccc(Cl)c(N)c2)n[nH]c1=O. The van der Waals surface area contributed by atoms with Gasteiger partial charge < -0.3 is 5.73 Å². The van der Waals surface area contributed by atoms with Gasteiger partial charge in [-0.3, -0.25) is 4.57 Å². The highest BCUT2D eigenvalue weighted by molar-refractivity contribution is 7.98. The Bertz CT molecular complexity index is 592. The topological polar surface area (TPSA) is 76.7 Å². The zero-order chi connectivity index (χ0) is 12.4. The molecule has 5 nitrogen and oxygen atoms in total. The number of aromatic nitrogens is 3. The lowest BCUT2D eigenvalue weighted by Gasteiger charge is -2.03. The van der Waals surface area contributed by atoms with Crippen LogP contribution in [0.15, 0.2) is 28.2 Å². The van der Waals surface area contributed by atoms with Crippen LogP contribution in [-0.4, -0.2) is 14.8 Å². The minimum Gasteiger partial charge on any atom is -0.398 e. The summed E-state index contributed by atoms with van der Waals surface area (Å²) in [6.45, 7) is 0. The predicted molar refractivity (Wildman–Crippen MR) is 69.3 cm³/mol. The van der Waals surface area contributed by atoms with Crippen molar-refractivity contribution >= 4 is 29.1 Å².